The van der Waals surface area contributed by atoms with Crippen LogP contribution in [0.5, 0.6) is 0 Å². The van der Waals surface area contributed by atoms with Crippen molar-refractivity contribution < 1.29 is 84.8 Å². The molecule has 0 unspecified atom stereocenters. The molecule has 0 aliphatic heterocycles. The third-order valence-corrected chi connectivity index (χ3v) is 21.3. The van der Waals surface area contributed by atoms with Gasteiger partial charge in [-0.15, -0.1) is 269 Å². The van der Waals surface area contributed by atoms with Crippen LogP contribution in [0.4, 0.5) is 0 Å². The first-order valence-corrected chi connectivity index (χ1v) is 44.0. The van der Waals surface area contributed by atoms with E-state index in [9.17, 15) is 0 Å². The summed E-state index contributed by atoms with van der Waals surface area (Å²) in [6.45, 7) is 19.1. The molecular weight excluding hydrogens is 2370 g/mol. The van der Waals surface area contributed by atoms with Gasteiger partial charge in [0.1, 0.15) is 5.58 Å². The first kappa shape index (κ1) is 104. The Balaban J connectivity index is 0.000000161. The van der Waals surface area contributed by atoms with Crippen molar-refractivity contribution in [3.63, 3.8) is 0 Å². The number of furan rings is 1. The van der Waals surface area contributed by atoms with Crippen molar-refractivity contribution in [2.45, 2.75) is 74.1 Å². The number of aromatic nitrogens is 8. The van der Waals surface area contributed by atoms with Gasteiger partial charge in [-0.25, -0.2) is 0 Å². The summed E-state index contributed by atoms with van der Waals surface area (Å²) >= 11 is 0. The quantitative estimate of drug-likeness (QED) is 0.110. The molecule has 21 aromatic rings. The van der Waals surface area contributed by atoms with E-state index in [1.807, 2.05) is 325 Å². The van der Waals surface area contributed by atoms with Crippen LogP contribution in [0.1, 0.15) is 66.8 Å². The van der Waals surface area contributed by atoms with Crippen LogP contribution in [0.3, 0.4) is 0 Å². The molecule has 0 N–H and O–H groups in total. The average molecular weight is 2480 g/mol. The first-order valence-electron chi connectivity index (χ1n) is 44.0. The van der Waals surface area contributed by atoms with Gasteiger partial charge in [0.25, 0.3) is 0 Å². The third kappa shape index (κ3) is 30.4. The van der Waals surface area contributed by atoms with Gasteiger partial charge in [-0.05, 0) is 167 Å². The Hall–Kier alpha value is -13.8. The predicted molar refractivity (Wildman–Crippen MR) is 543 cm³/mol. The summed E-state index contributed by atoms with van der Waals surface area (Å²) in [6, 6.07) is 155. The largest absolute Gasteiger partial charge is 0.501 e. The van der Waals surface area contributed by atoms with Gasteiger partial charge in [0.05, 0.1) is 5.58 Å². The van der Waals surface area contributed by atoms with E-state index in [-0.39, 0.29) is 85.8 Å². The van der Waals surface area contributed by atoms with Crippen molar-refractivity contribution in [3.8, 4) is 123 Å². The standard InChI is InChI=1S/C21H20N.C19H16N.C18H12NO.C18H14N.3C12H10N.C11H8N.4Ir/c1-21(2,3)19-12-13-22-20(15-19)18-11-7-10-17(14-18)16-8-5-4-6-9-16;1-2-15-13-19(17-11-7-4-8-12-17)20-14-18(15)16-9-5-3-6-10-16;1-12-6-4-10-16(19-12)15-9-5-8-14-13-7-2-3-11-17(13)20-18(14)15;1-14-12-18(16-10-6-3-7-11-16)19-13-17(14)15-8-4-2-5-9-15;1-10-7-8-13-12(9-10)11-5-3-2-4-6-11;2*1-10-7-8-12(13-9-10)11-5-3-2-4-6-11;1-2-6-10(7-3-1)11-8-4-5-9-12-11;;;;/h4-10,12-15H,1-3H3;3-11,13-14H,2H2,1H3;2-8,10-11H,1H3;2-10,12-13H,1H3;3*2-5,7-9H,1H3;1-6,8-9H;;;;/q8*-1;;;;. The molecule has 0 aliphatic rings. The fourth-order valence-electron chi connectivity index (χ4n) is 14.2. The van der Waals surface area contributed by atoms with Crippen molar-refractivity contribution in [3.05, 3.63) is 519 Å². The second kappa shape index (κ2) is 54.0. The smallest absolute Gasteiger partial charge is 0.120 e. The summed E-state index contributed by atoms with van der Waals surface area (Å²) in [6.07, 6.45) is 14.2. The van der Waals surface area contributed by atoms with Gasteiger partial charge in [0.2, 0.25) is 0 Å². The van der Waals surface area contributed by atoms with E-state index in [1.165, 1.54) is 66.8 Å². The Morgan fingerprint density at radius 2 is 0.691 bits per heavy atom. The van der Waals surface area contributed by atoms with Crippen molar-refractivity contribution in [1.82, 2.24) is 39.9 Å². The molecule has 0 amide bonds. The fraction of sp³-hybridized carbons (Fsp3) is 0.0894. The number of pyridine rings is 8. The van der Waals surface area contributed by atoms with Gasteiger partial charge in [0, 0.05) is 146 Å². The molecule has 9 heterocycles. The van der Waals surface area contributed by atoms with Crippen molar-refractivity contribution in [1.29, 1.82) is 0 Å². The Morgan fingerprint density at radius 1 is 0.272 bits per heavy atom. The molecule has 0 fully saturated rings. The van der Waals surface area contributed by atoms with E-state index in [2.05, 4.69) is 251 Å². The van der Waals surface area contributed by atoms with Crippen LogP contribution < -0.4 is 0 Å². The Kier molecular flexibility index (Phi) is 41.4. The number of para-hydroxylation sites is 1. The molecule has 9 nitrogen and oxygen atoms in total. The zero-order chi connectivity index (χ0) is 91.5. The van der Waals surface area contributed by atoms with Crippen LogP contribution in [0.25, 0.3) is 145 Å². The minimum Gasteiger partial charge on any atom is -0.501 e. The Morgan fingerprint density at radius 3 is 1.16 bits per heavy atom. The molecule has 0 saturated heterocycles. The first-order chi connectivity index (χ1) is 64.6. The van der Waals surface area contributed by atoms with Crippen molar-refractivity contribution >= 4 is 21.9 Å². The minimum absolute atomic E-state index is 0. The molecule has 4 radical (unpaired) electrons. The molecule has 0 saturated carbocycles. The maximum atomic E-state index is 6.01. The topological polar surface area (TPSA) is 116 Å². The number of hydrogen-bond acceptors (Lipinski definition) is 9. The summed E-state index contributed by atoms with van der Waals surface area (Å²) in [5.74, 6) is 0. The number of benzene rings is 12. The van der Waals surface area contributed by atoms with Crippen LogP contribution in [-0.2, 0) is 92.3 Å². The minimum atomic E-state index is 0. The number of hydrogen-bond donors (Lipinski definition) is 0. The van der Waals surface area contributed by atoms with Gasteiger partial charge >= 0.3 is 0 Å². The molecule has 21 rings (SSSR count). The molecule has 0 atom stereocenters. The van der Waals surface area contributed by atoms with Crippen molar-refractivity contribution in [2.24, 2.45) is 0 Å². The van der Waals surface area contributed by atoms with Gasteiger partial charge in [0.15, 0.2) is 0 Å². The third-order valence-electron chi connectivity index (χ3n) is 21.3. The van der Waals surface area contributed by atoms with Crippen LogP contribution in [0, 0.1) is 83.1 Å². The van der Waals surface area contributed by atoms with Gasteiger partial charge < -0.3 is 44.3 Å². The second-order valence-electron chi connectivity index (χ2n) is 32.1. The monoisotopic (exact) mass is 2480 g/mol. The summed E-state index contributed by atoms with van der Waals surface area (Å²) in [5, 5.41) is 2.24. The van der Waals surface area contributed by atoms with Crippen molar-refractivity contribution in [2.75, 3.05) is 0 Å². The van der Waals surface area contributed by atoms with Crippen LogP contribution in [0.15, 0.2) is 436 Å². The normalized spacial score (nSPS) is 10.2. The maximum Gasteiger partial charge on any atom is 0.120 e. The Labute approximate surface area is 855 Å². The summed E-state index contributed by atoms with van der Waals surface area (Å²) in [4.78, 5) is 35.4. The van der Waals surface area contributed by atoms with E-state index < -0.39 is 0 Å². The molecule has 682 valence electrons. The second-order valence-corrected chi connectivity index (χ2v) is 32.1. The van der Waals surface area contributed by atoms with Gasteiger partial charge in [-0.3, -0.25) is 0 Å². The molecule has 12 aromatic carbocycles. The van der Waals surface area contributed by atoms with Gasteiger partial charge in [-0.2, -0.15) is 0 Å². The molecule has 0 aliphatic carbocycles. The molecule has 136 heavy (non-hydrogen) atoms. The number of fused-ring (bicyclic) bond motifs is 3. The fourth-order valence-corrected chi connectivity index (χ4v) is 14.2. The van der Waals surface area contributed by atoms with E-state index in [0.29, 0.717) is 0 Å². The number of aryl methyl sites for hydroxylation is 6. The summed E-state index contributed by atoms with van der Waals surface area (Å²) < 4.78 is 6.01. The predicted octanol–water partition coefficient (Wildman–Crippen LogP) is 30.7. The number of rotatable bonds is 12. The molecular formula is C123H100Ir4N8O-8. The SMILES string of the molecule is CC(C)(C)c1ccnc(-c2[c-]ccc(-c3ccccc3)c2)c1.CCc1cc(-c2[c-]cccc2)ncc1-c1ccccc1.Cc1cc(-c2[c-]cccc2)ncc1-c1ccccc1.Cc1ccc(-c2[c-]cccc2)nc1.Cc1ccc(-c2[c-]cccc2)nc1.Cc1cccc(-c2[c-]ccc3c2oc2ccccc23)n1.Cc1ccnc(-c2[c-]cccc2)c1.[Ir].[Ir].[Ir].[Ir].[c-]1ccccc1-c1ccccn1. The zero-order valence-electron chi connectivity index (χ0n) is 77.0. The molecule has 13 heteroatoms. The summed E-state index contributed by atoms with van der Waals surface area (Å²) in [5.41, 5.74) is 33.5. The van der Waals surface area contributed by atoms with Gasteiger partial charge in [-0.1, -0.05) is 226 Å². The number of nitrogens with zero attached hydrogens (tertiary/aromatic N) is 8. The van der Waals surface area contributed by atoms with E-state index >= 15 is 0 Å². The van der Waals surface area contributed by atoms with Crippen LogP contribution >= 0.6 is 0 Å². The zero-order valence-corrected chi connectivity index (χ0v) is 86.6. The van der Waals surface area contributed by atoms with Crippen LogP contribution in [0.2, 0.25) is 0 Å². The molecule has 0 bridgehead atoms. The summed E-state index contributed by atoms with van der Waals surface area (Å²) in [7, 11) is 0. The maximum absolute atomic E-state index is 6.01. The molecule has 9 aromatic heterocycles. The van der Waals surface area contributed by atoms with E-state index in [4.69, 9.17) is 4.42 Å². The molecule has 0 spiro atoms. The van der Waals surface area contributed by atoms with E-state index in [0.717, 1.165) is 124 Å². The average Bonchev–Trinajstić information content (AvgIpc) is 1.61. The Bertz CT molecular complexity index is 6980. The van der Waals surface area contributed by atoms with Crippen LogP contribution in [-0.4, -0.2) is 39.9 Å². The van der Waals surface area contributed by atoms with E-state index in [1.54, 1.807) is 6.20 Å².